The maximum absolute atomic E-state index is 13.4. The normalized spacial score (nSPS) is 18.9. The highest BCUT2D eigenvalue weighted by molar-refractivity contribution is 5.85. The Morgan fingerprint density at radius 1 is 1.33 bits per heavy atom. The molecule has 1 aromatic heterocycles. The lowest BCUT2D eigenvalue weighted by Gasteiger charge is -2.13. The SMILES string of the molecule is Cc1cc(C2CCNC2)c2cc(F)ccc2n1.Cl. The summed E-state index contributed by atoms with van der Waals surface area (Å²) in [6.45, 7) is 4.02. The summed E-state index contributed by atoms with van der Waals surface area (Å²) in [5.74, 6) is 0.302. The van der Waals surface area contributed by atoms with Gasteiger partial charge in [0.25, 0.3) is 0 Å². The van der Waals surface area contributed by atoms with E-state index in [9.17, 15) is 4.39 Å². The summed E-state index contributed by atoms with van der Waals surface area (Å²) in [5.41, 5.74) is 3.14. The Kier molecular flexibility index (Phi) is 3.83. The third kappa shape index (κ3) is 2.33. The first-order chi connectivity index (χ1) is 8.24. The van der Waals surface area contributed by atoms with Gasteiger partial charge in [0.1, 0.15) is 5.82 Å². The maximum atomic E-state index is 13.4. The van der Waals surface area contributed by atoms with Crippen LogP contribution in [0.1, 0.15) is 23.6 Å². The molecule has 0 bridgehead atoms. The third-order valence-corrected chi connectivity index (χ3v) is 3.43. The van der Waals surface area contributed by atoms with E-state index in [1.54, 1.807) is 12.1 Å². The van der Waals surface area contributed by atoms with Crippen LogP contribution in [0.15, 0.2) is 24.3 Å². The van der Waals surface area contributed by atoms with Crippen molar-refractivity contribution in [2.75, 3.05) is 13.1 Å². The number of nitrogens with zero attached hydrogens (tertiary/aromatic N) is 1. The van der Waals surface area contributed by atoms with Gasteiger partial charge in [0.05, 0.1) is 5.52 Å². The Hall–Kier alpha value is -1.19. The zero-order chi connectivity index (χ0) is 11.8. The van der Waals surface area contributed by atoms with Gasteiger partial charge in [0.15, 0.2) is 0 Å². The molecule has 18 heavy (non-hydrogen) atoms. The molecule has 0 saturated carbocycles. The lowest BCUT2D eigenvalue weighted by molar-refractivity contribution is 0.629. The molecule has 4 heteroatoms. The number of hydrogen-bond donors (Lipinski definition) is 1. The maximum Gasteiger partial charge on any atom is 0.123 e. The Labute approximate surface area is 112 Å². The number of nitrogens with one attached hydrogen (secondary N) is 1. The molecule has 0 amide bonds. The van der Waals surface area contributed by atoms with Crippen molar-refractivity contribution < 1.29 is 4.39 Å². The molecule has 2 nitrogen and oxygen atoms in total. The van der Waals surface area contributed by atoms with Gasteiger partial charge in [-0.1, -0.05) is 0 Å². The highest BCUT2D eigenvalue weighted by Gasteiger charge is 2.19. The average Bonchev–Trinajstić information content (AvgIpc) is 2.82. The molecule has 0 spiro atoms. The zero-order valence-corrected chi connectivity index (χ0v) is 11.1. The fourth-order valence-corrected chi connectivity index (χ4v) is 2.62. The van der Waals surface area contributed by atoms with Crippen molar-refractivity contribution in [3.8, 4) is 0 Å². The van der Waals surface area contributed by atoms with Crippen molar-refractivity contribution in [2.45, 2.75) is 19.3 Å². The molecule has 1 atom stereocenters. The van der Waals surface area contributed by atoms with Crippen molar-refractivity contribution >= 4 is 23.3 Å². The Balaban J connectivity index is 0.00000120. The van der Waals surface area contributed by atoms with Gasteiger partial charge in [-0.3, -0.25) is 4.98 Å². The van der Waals surface area contributed by atoms with E-state index in [4.69, 9.17) is 0 Å². The largest absolute Gasteiger partial charge is 0.316 e. The van der Waals surface area contributed by atoms with Crippen LogP contribution in [-0.2, 0) is 0 Å². The quantitative estimate of drug-likeness (QED) is 0.858. The molecule has 0 radical (unpaired) electrons. The molecule has 1 aromatic carbocycles. The molecule has 2 aromatic rings. The first kappa shape index (κ1) is 13.2. The monoisotopic (exact) mass is 266 g/mol. The third-order valence-electron chi connectivity index (χ3n) is 3.43. The summed E-state index contributed by atoms with van der Waals surface area (Å²) < 4.78 is 13.4. The molecule has 1 fully saturated rings. The predicted octanol–water partition coefficient (Wildman–Crippen LogP) is 3.18. The van der Waals surface area contributed by atoms with E-state index in [-0.39, 0.29) is 18.2 Å². The Morgan fingerprint density at radius 3 is 2.89 bits per heavy atom. The number of pyridine rings is 1. The molecular weight excluding hydrogens is 251 g/mol. The van der Waals surface area contributed by atoms with Gasteiger partial charge >= 0.3 is 0 Å². The summed E-state index contributed by atoms with van der Waals surface area (Å²) in [7, 11) is 0. The fraction of sp³-hybridized carbons (Fsp3) is 0.357. The molecule has 2 heterocycles. The van der Waals surface area contributed by atoms with E-state index in [2.05, 4.69) is 16.4 Å². The van der Waals surface area contributed by atoms with Crippen molar-refractivity contribution in [3.05, 3.63) is 41.3 Å². The first-order valence-corrected chi connectivity index (χ1v) is 6.01. The first-order valence-electron chi connectivity index (χ1n) is 6.01. The summed E-state index contributed by atoms with van der Waals surface area (Å²) in [6, 6.07) is 6.95. The number of halogens is 2. The Morgan fingerprint density at radius 2 is 2.17 bits per heavy atom. The van der Waals surface area contributed by atoms with Gasteiger partial charge in [0, 0.05) is 17.6 Å². The van der Waals surface area contributed by atoms with Crippen LogP contribution in [0, 0.1) is 12.7 Å². The predicted molar refractivity (Wildman–Crippen MR) is 73.9 cm³/mol. The minimum atomic E-state index is -0.185. The van der Waals surface area contributed by atoms with Crippen LogP contribution in [0.2, 0.25) is 0 Å². The smallest absolute Gasteiger partial charge is 0.123 e. The number of benzene rings is 1. The van der Waals surface area contributed by atoms with E-state index < -0.39 is 0 Å². The van der Waals surface area contributed by atoms with Gasteiger partial charge in [-0.25, -0.2) is 4.39 Å². The minimum Gasteiger partial charge on any atom is -0.316 e. The van der Waals surface area contributed by atoms with E-state index in [0.29, 0.717) is 5.92 Å². The molecule has 96 valence electrons. The summed E-state index contributed by atoms with van der Waals surface area (Å²) in [5, 5.41) is 4.32. The van der Waals surface area contributed by atoms with Gasteiger partial charge in [-0.2, -0.15) is 0 Å². The van der Waals surface area contributed by atoms with Gasteiger partial charge in [-0.05, 0) is 55.6 Å². The van der Waals surface area contributed by atoms with Crippen LogP contribution in [0.25, 0.3) is 10.9 Å². The fourth-order valence-electron chi connectivity index (χ4n) is 2.62. The molecule has 1 N–H and O–H groups in total. The molecule has 1 aliphatic heterocycles. The minimum absolute atomic E-state index is 0. The second-order valence-corrected chi connectivity index (χ2v) is 4.70. The molecule has 3 rings (SSSR count). The number of hydrogen-bond acceptors (Lipinski definition) is 2. The van der Waals surface area contributed by atoms with Crippen molar-refractivity contribution in [2.24, 2.45) is 0 Å². The average molecular weight is 267 g/mol. The Bertz CT molecular complexity index is 565. The summed E-state index contributed by atoms with van der Waals surface area (Å²) in [6.07, 6.45) is 1.12. The van der Waals surface area contributed by atoms with Gasteiger partial charge in [-0.15, -0.1) is 12.4 Å². The van der Waals surface area contributed by atoms with Gasteiger partial charge in [0.2, 0.25) is 0 Å². The van der Waals surface area contributed by atoms with Crippen LogP contribution in [0.4, 0.5) is 4.39 Å². The standard InChI is InChI=1S/C14H15FN2.ClH/c1-9-6-12(10-4-5-16-8-10)13-7-11(15)2-3-14(13)17-9;/h2-3,6-7,10,16H,4-5,8H2,1H3;1H. The lowest BCUT2D eigenvalue weighted by atomic mass is 9.94. The number of aromatic nitrogens is 1. The van der Waals surface area contributed by atoms with Crippen molar-refractivity contribution in [1.82, 2.24) is 10.3 Å². The zero-order valence-electron chi connectivity index (χ0n) is 10.2. The van der Waals surface area contributed by atoms with Crippen LogP contribution in [0.5, 0.6) is 0 Å². The lowest BCUT2D eigenvalue weighted by Crippen LogP contribution is -2.08. The molecular formula is C14H16ClFN2. The number of fused-ring (bicyclic) bond motifs is 1. The van der Waals surface area contributed by atoms with E-state index in [0.717, 1.165) is 36.1 Å². The highest BCUT2D eigenvalue weighted by atomic mass is 35.5. The molecule has 1 saturated heterocycles. The van der Waals surface area contributed by atoms with Gasteiger partial charge < -0.3 is 5.32 Å². The van der Waals surface area contributed by atoms with Crippen molar-refractivity contribution in [1.29, 1.82) is 0 Å². The number of aryl methyl sites for hydroxylation is 1. The second kappa shape index (κ2) is 5.21. The second-order valence-electron chi connectivity index (χ2n) is 4.70. The van der Waals surface area contributed by atoms with E-state index in [1.165, 1.54) is 11.6 Å². The summed E-state index contributed by atoms with van der Waals surface area (Å²) >= 11 is 0. The topological polar surface area (TPSA) is 24.9 Å². The number of rotatable bonds is 1. The molecule has 1 unspecified atom stereocenters. The van der Waals surface area contributed by atoms with Crippen LogP contribution in [-0.4, -0.2) is 18.1 Å². The molecule has 0 aliphatic carbocycles. The van der Waals surface area contributed by atoms with E-state index >= 15 is 0 Å². The van der Waals surface area contributed by atoms with Crippen LogP contribution < -0.4 is 5.32 Å². The van der Waals surface area contributed by atoms with E-state index in [1.807, 2.05) is 6.92 Å². The van der Waals surface area contributed by atoms with Crippen LogP contribution in [0.3, 0.4) is 0 Å². The van der Waals surface area contributed by atoms with Crippen molar-refractivity contribution in [3.63, 3.8) is 0 Å². The summed E-state index contributed by atoms with van der Waals surface area (Å²) in [4.78, 5) is 4.46. The molecule has 1 aliphatic rings. The highest BCUT2D eigenvalue weighted by Crippen LogP contribution is 2.29. The van der Waals surface area contributed by atoms with Crippen LogP contribution >= 0.6 is 12.4 Å².